The third kappa shape index (κ3) is 5.34. The highest BCUT2D eigenvalue weighted by atomic mass is 16.1. The fraction of sp³-hybridized carbons (Fsp3) is 0.300. The zero-order valence-electron chi connectivity index (χ0n) is 6.97. The molecule has 0 aromatic carbocycles. The predicted octanol–water partition coefficient (Wildman–Crippen LogP) is 2.65. The summed E-state index contributed by atoms with van der Waals surface area (Å²) in [4.78, 5) is 10.6. The van der Waals surface area contributed by atoms with Gasteiger partial charge in [-0.15, -0.1) is 0 Å². The Bertz CT molecular complexity index is 187. The second kappa shape index (κ2) is 5.66. The molecule has 0 aliphatic heterocycles. The highest BCUT2D eigenvalue weighted by Gasteiger charge is 1.94. The van der Waals surface area contributed by atoms with Crippen molar-refractivity contribution in [3.63, 3.8) is 0 Å². The van der Waals surface area contributed by atoms with Gasteiger partial charge in [-0.05, 0) is 18.9 Å². The van der Waals surface area contributed by atoms with Crippen LogP contribution in [0.2, 0.25) is 0 Å². The molecule has 0 aliphatic rings. The van der Waals surface area contributed by atoms with E-state index in [9.17, 15) is 4.79 Å². The van der Waals surface area contributed by atoms with Crippen LogP contribution in [0, 0.1) is 0 Å². The molecule has 0 amide bonds. The first kappa shape index (κ1) is 9.89. The molecule has 0 rings (SSSR count). The van der Waals surface area contributed by atoms with Crippen molar-refractivity contribution < 1.29 is 4.79 Å². The van der Waals surface area contributed by atoms with Gasteiger partial charge in [0, 0.05) is 6.42 Å². The third-order valence-corrected chi connectivity index (χ3v) is 1.36. The average Bonchev–Trinajstić information content (AvgIpc) is 1.97. The topological polar surface area (TPSA) is 17.1 Å². The molecule has 60 valence electrons. The van der Waals surface area contributed by atoms with Gasteiger partial charge in [-0.2, -0.15) is 0 Å². The van der Waals surface area contributed by atoms with Crippen molar-refractivity contribution in [1.82, 2.24) is 0 Å². The van der Waals surface area contributed by atoms with Crippen molar-refractivity contribution in [2.75, 3.05) is 0 Å². The normalized spacial score (nSPS) is 10.8. The van der Waals surface area contributed by atoms with Gasteiger partial charge in [0.15, 0.2) is 0 Å². The smallest absolute Gasteiger partial charge is 0.130 e. The molecule has 0 atom stereocenters. The Morgan fingerprint density at radius 2 is 2.00 bits per heavy atom. The average molecular weight is 150 g/mol. The predicted molar refractivity (Wildman–Crippen MR) is 48.4 cm³/mol. The van der Waals surface area contributed by atoms with Gasteiger partial charge in [-0.25, -0.2) is 0 Å². The standard InChI is InChI=1S/C10H14O/c1-4-6-10(5-2)8-7-9(3)11/h4-6H,1-2,7-8H2,3H3/b10-6+. The molecule has 0 radical (unpaired) electrons. The van der Waals surface area contributed by atoms with E-state index < -0.39 is 0 Å². The fourth-order valence-electron chi connectivity index (χ4n) is 0.725. The van der Waals surface area contributed by atoms with Crippen LogP contribution in [0.5, 0.6) is 0 Å². The Morgan fingerprint density at radius 1 is 1.36 bits per heavy atom. The van der Waals surface area contributed by atoms with E-state index in [1.54, 1.807) is 19.1 Å². The molecule has 0 N–H and O–H groups in total. The van der Waals surface area contributed by atoms with Gasteiger partial charge in [0.2, 0.25) is 0 Å². The molecule has 1 nitrogen and oxygen atoms in total. The first-order valence-electron chi connectivity index (χ1n) is 3.64. The van der Waals surface area contributed by atoms with Crippen LogP contribution in [-0.2, 0) is 4.79 Å². The molecule has 0 saturated carbocycles. The summed E-state index contributed by atoms with van der Waals surface area (Å²) in [6.45, 7) is 8.79. The number of Topliss-reactive ketones (excluding diaryl/α,β-unsaturated/α-hetero) is 1. The van der Waals surface area contributed by atoms with Gasteiger partial charge in [-0.3, -0.25) is 0 Å². The lowest BCUT2D eigenvalue weighted by Gasteiger charge is -1.96. The number of allylic oxidation sites excluding steroid dienone is 4. The molecule has 0 bridgehead atoms. The fourth-order valence-corrected chi connectivity index (χ4v) is 0.725. The van der Waals surface area contributed by atoms with Gasteiger partial charge in [0.1, 0.15) is 5.78 Å². The highest BCUT2D eigenvalue weighted by molar-refractivity contribution is 5.75. The highest BCUT2D eigenvalue weighted by Crippen LogP contribution is 2.06. The van der Waals surface area contributed by atoms with Crippen LogP contribution in [0.25, 0.3) is 0 Å². The van der Waals surface area contributed by atoms with Gasteiger partial charge < -0.3 is 4.79 Å². The SMILES string of the molecule is C=C/C=C(\C=C)CCC(C)=O. The molecule has 0 aromatic rings. The summed E-state index contributed by atoms with van der Waals surface area (Å²) in [7, 11) is 0. The monoisotopic (exact) mass is 150 g/mol. The van der Waals surface area contributed by atoms with E-state index in [2.05, 4.69) is 13.2 Å². The van der Waals surface area contributed by atoms with E-state index >= 15 is 0 Å². The van der Waals surface area contributed by atoms with E-state index in [1.165, 1.54) is 0 Å². The van der Waals surface area contributed by atoms with Gasteiger partial charge in [0.05, 0.1) is 0 Å². The van der Waals surface area contributed by atoms with Crippen molar-refractivity contribution in [3.05, 3.63) is 37.0 Å². The lowest BCUT2D eigenvalue weighted by molar-refractivity contribution is -0.116. The number of hydrogen-bond acceptors (Lipinski definition) is 1. The van der Waals surface area contributed by atoms with Crippen LogP contribution in [0.1, 0.15) is 19.8 Å². The van der Waals surface area contributed by atoms with Crippen molar-refractivity contribution >= 4 is 5.78 Å². The number of ketones is 1. The maximum absolute atomic E-state index is 10.6. The first-order valence-corrected chi connectivity index (χ1v) is 3.64. The summed E-state index contributed by atoms with van der Waals surface area (Å²) in [6, 6.07) is 0. The molecule has 0 saturated heterocycles. The van der Waals surface area contributed by atoms with Gasteiger partial charge in [0.25, 0.3) is 0 Å². The van der Waals surface area contributed by atoms with Crippen LogP contribution < -0.4 is 0 Å². The molecular formula is C10H14O. The van der Waals surface area contributed by atoms with E-state index in [0.29, 0.717) is 6.42 Å². The number of carbonyl (C=O) groups is 1. The van der Waals surface area contributed by atoms with Crippen LogP contribution in [0.3, 0.4) is 0 Å². The Morgan fingerprint density at radius 3 is 2.36 bits per heavy atom. The Labute approximate surface area is 68.1 Å². The second-order valence-corrected chi connectivity index (χ2v) is 2.38. The minimum Gasteiger partial charge on any atom is -0.300 e. The molecule has 0 unspecified atom stereocenters. The number of carbonyl (C=O) groups excluding carboxylic acids is 1. The van der Waals surface area contributed by atoms with Crippen molar-refractivity contribution in [3.8, 4) is 0 Å². The second-order valence-electron chi connectivity index (χ2n) is 2.38. The van der Waals surface area contributed by atoms with Crippen molar-refractivity contribution in [2.45, 2.75) is 19.8 Å². The van der Waals surface area contributed by atoms with Crippen LogP contribution >= 0.6 is 0 Å². The lowest BCUT2D eigenvalue weighted by Crippen LogP contribution is -1.89. The molecule has 11 heavy (non-hydrogen) atoms. The van der Waals surface area contributed by atoms with E-state index in [-0.39, 0.29) is 5.78 Å². The summed E-state index contributed by atoms with van der Waals surface area (Å²) in [6.07, 6.45) is 6.69. The van der Waals surface area contributed by atoms with E-state index in [0.717, 1.165) is 12.0 Å². The Hall–Kier alpha value is -1.11. The molecule has 0 heterocycles. The summed E-state index contributed by atoms with van der Waals surface area (Å²) in [5.74, 6) is 0.210. The number of hydrogen-bond donors (Lipinski definition) is 0. The van der Waals surface area contributed by atoms with Crippen molar-refractivity contribution in [2.24, 2.45) is 0 Å². The summed E-state index contributed by atoms with van der Waals surface area (Å²) < 4.78 is 0. The van der Waals surface area contributed by atoms with Crippen molar-refractivity contribution in [1.29, 1.82) is 0 Å². The first-order chi connectivity index (χ1) is 5.20. The zero-order chi connectivity index (χ0) is 8.69. The molecule has 1 heteroatoms. The maximum Gasteiger partial charge on any atom is 0.130 e. The molecule has 0 aliphatic carbocycles. The molecular weight excluding hydrogens is 136 g/mol. The Kier molecular flexibility index (Phi) is 5.09. The quantitative estimate of drug-likeness (QED) is 0.551. The maximum atomic E-state index is 10.6. The zero-order valence-corrected chi connectivity index (χ0v) is 6.97. The number of rotatable bonds is 5. The van der Waals surface area contributed by atoms with E-state index in [4.69, 9.17) is 0 Å². The lowest BCUT2D eigenvalue weighted by atomic mass is 10.1. The molecule has 0 fully saturated rings. The Balaban J connectivity index is 3.88. The summed E-state index contributed by atoms with van der Waals surface area (Å²) in [5, 5.41) is 0. The van der Waals surface area contributed by atoms with Crippen LogP contribution in [0.4, 0.5) is 0 Å². The summed E-state index contributed by atoms with van der Waals surface area (Å²) in [5.41, 5.74) is 1.07. The largest absolute Gasteiger partial charge is 0.300 e. The van der Waals surface area contributed by atoms with Crippen LogP contribution in [-0.4, -0.2) is 5.78 Å². The van der Waals surface area contributed by atoms with Gasteiger partial charge in [-0.1, -0.05) is 31.4 Å². The molecule has 0 aromatic heterocycles. The third-order valence-electron chi connectivity index (χ3n) is 1.36. The minimum absolute atomic E-state index is 0.210. The van der Waals surface area contributed by atoms with E-state index in [1.807, 2.05) is 6.08 Å². The minimum atomic E-state index is 0.210. The van der Waals surface area contributed by atoms with Crippen LogP contribution in [0.15, 0.2) is 37.0 Å². The molecule has 0 spiro atoms. The van der Waals surface area contributed by atoms with Gasteiger partial charge >= 0.3 is 0 Å². The summed E-state index contributed by atoms with van der Waals surface area (Å²) >= 11 is 0.